The first-order chi connectivity index (χ1) is 5.95. The number of aromatic nitrogens is 4. The maximum Gasteiger partial charge on any atom is 0.183 e. The second kappa shape index (κ2) is 3.40. The molecule has 0 fully saturated rings. The molecular weight excluding hydrogens is 176 g/mol. The van der Waals surface area contributed by atoms with Crippen LogP contribution < -0.4 is 0 Å². The molecule has 2 aromatic rings. The molecular formula is C6H6N4OS. The Morgan fingerprint density at radius 2 is 2.58 bits per heavy atom. The van der Waals surface area contributed by atoms with Crippen LogP contribution in [0.2, 0.25) is 0 Å². The lowest BCUT2D eigenvalue weighted by Crippen LogP contribution is -1.80. The van der Waals surface area contributed by atoms with Gasteiger partial charge in [-0.1, -0.05) is 16.9 Å². The molecule has 62 valence electrons. The second-order valence-electron chi connectivity index (χ2n) is 2.07. The summed E-state index contributed by atoms with van der Waals surface area (Å²) in [5, 5.41) is 11.0. The Morgan fingerprint density at radius 1 is 1.58 bits per heavy atom. The lowest BCUT2D eigenvalue weighted by Gasteiger charge is -1.89. The van der Waals surface area contributed by atoms with Gasteiger partial charge in [-0.3, -0.25) is 5.10 Å². The van der Waals surface area contributed by atoms with E-state index in [9.17, 15) is 0 Å². The summed E-state index contributed by atoms with van der Waals surface area (Å²) in [6, 6.07) is 1.82. The van der Waals surface area contributed by atoms with Crippen LogP contribution in [0.15, 0.2) is 28.3 Å². The predicted octanol–water partition coefficient (Wildman–Crippen LogP) is 1.08. The van der Waals surface area contributed by atoms with Gasteiger partial charge in [0.05, 0.1) is 5.69 Å². The van der Waals surface area contributed by atoms with Crippen LogP contribution >= 0.6 is 11.8 Å². The zero-order valence-corrected chi connectivity index (χ0v) is 6.91. The van der Waals surface area contributed by atoms with Gasteiger partial charge in [-0.2, -0.15) is 5.10 Å². The fraction of sp³-hybridized carbons (Fsp3) is 0.167. The second-order valence-corrected chi connectivity index (χ2v) is 3.03. The van der Waals surface area contributed by atoms with E-state index >= 15 is 0 Å². The third-order valence-electron chi connectivity index (χ3n) is 1.24. The normalized spacial score (nSPS) is 10.3. The largest absolute Gasteiger partial charge is 0.364 e. The van der Waals surface area contributed by atoms with Gasteiger partial charge in [-0.15, -0.1) is 0 Å². The standard InChI is InChI=1S/C6H6N4OS/c1-2-11-10-5(1)3-12-6-7-4-8-9-6/h1-2,4H,3H2,(H,7,8,9). The molecule has 0 bridgehead atoms. The van der Waals surface area contributed by atoms with Gasteiger partial charge in [-0.25, -0.2) is 4.98 Å². The van der Waals surface area contributed by atoms with Crippen LogP contribution in [0, 0.1) is 0 Å². The van der Waals surface area contributed by atoms with Gasteiger partial charge in [0.2, 0.25) is 0 Å². The number of nitrogens with one attached hydrogen (secondary N) is 1. The lowest BCUT2D eigenvalue weighted by atomic mass is 10.5. The Labute approximate surface area is 72.6 Å². The number of nitrogens with zero attached hydrogens (tertiary/aromatic N) is 3. The van der Waals surface area contributed by atoms with Crippen LogP contribution in [0.3, 0.4) is 0 Å². The van der Waals surface area contributed by atoms with E-state index in [1.54, 1.807) is 6.26 Å². The van der Waals surface area contributed by atoms with E-state index in [0.717, 1.165) is 16.6 Å². The molecule has 2 aromatic heterocycles. The first kappa shape index (κ1) is 7.35. The van der Waals surface area contributed by atoms with Gasteiger partial charge in [0.15, 0.2) is 5.16 Å². The fourth-order valence-corrected chi connectivity index (χ4v) is 1.39. The molecule has 1 N–H and O–H groups in total. The Bertz CT molecular complexity index is 283. The molecule has 0 radical (unpaired) electrons. The van der Waals surface area contributed by atoms with E-state index < -0.39 is 0 Å². The SMILES string of the molecule is c1n[nH]c(SCc2ccon2)n1. The monoisotopic (exact) mass is 182 g/mol. The molecule has 0 spiro atoms. The number of aromatic amines is 1. The van der Waals surface area contributed by atoms with Crippen LogP contribution in [0.4, 0.5) is 0 Å². The third-order valence-corrected chi connectivity index (χ3v) is 2.15. The molecule has 0 atom stereocenters. The molecule has 0 saturated carbocycles. The van der Waals surface area contributed by atoms with Crippen LogP contribution in [-0.2, 0) is 5.75 Å². The van der Waals surface area contributed by atoms with E-state index in [2.05, 4.69) is 24.9 Å². The average Bonchev–Trinajstić information content (AvgIpc) is 2.74. The molecule has 0 unspecified atom stereocenters. The molecule has 0 aliphatic carbocycles. The van der Waals surface area contributed by atoms with E-state index in [1.165, 1.54) is 18.1 Å². The first-order valence-electron chi connectivity index (χ1n) is 3.32. The number of thioether (sulfide) groups is 1. The molecule has 0 aliphatic rings. The number of hydrogen-bond acceptors (Lipinski definition) is 5. The van der Waals surface area contributed by atoms with Crippen molar-refractivity contribution < 1.29 is 4.52 Å². The highest BCUT2D eigenvalue weighted by atomic mass is 32.2. The maximum atomic E-state index is 4.67. The van der Waals surface area contributed by atoms with Crippen molar-refractivity contribution in [2.75, 3.05) is 0 Å². The zero-order chi connectivity index (χ0) is 8.23. The van der Waals surface area contributed by atoms with E-state index in [4.69, 9.17) is 0 Å². The van der Waals surface area contributed by atoms with Crippen molar-refractivity contribution in [3.8, 4) is 0 Å². The molecule has 0 aliphatic heterocycles. The Hall–Kier alpha value is -1.30. The Balaban J connectivity index is 1.91. The van der Waals surface area contributed by atoms with Gasteiger partial charge in [0.25, 0.3) is 0 Å². The highest BCUT2D eigenvalue weighted by Gasteiger charge is 1.99. The number of H-pyrrole nitrogens is 1. The molecule has 0 aromatic carbocycles. The van der Waals surface area contributed by atoms with Crippen molar-refractivity contribution in [2.24, 2.45) is 0 Å². The molecule has 12 heavy (non-hydrogen) atoms. The summed E-state index contributed by atoms with van der Waals surface area (Å²) in [4.78, 5) is 3.95. The maximum absolute atomic E-state index is 4.67. The van der Waals surface area contributed by atoms with E-state index in [0.29, 0.717) is 0 Å². The van der Waals surface area contributed by atoms with Gasteiger partial charge in [0.1, 0.15) is 12.6 Å². The smallest absolute Gasteiger partial charge is 0.183 e. The summed E-state index contributed by atoms with van der Waals surface area (Å²) in [7, 11) is 0. The lowest BCUT2D eigenvalue weighted by molar-refractivity contribution is 0.414. The molecule has 6 heteroatoms. The minimum Gasteiger partial charge on any atom is -0.364 e. The van der Waals surface area contributed by atoms with Crippen molar-refractivity contribution in [3.63, 3.8) is 0 Å². The van der Waals surface area contributed by atoms with E-state index in [-0.39, 0.29) is 0 Å². The minimum atomic E-state index is 0.742. The quantitative estimate of drug-likeness (QED) is 0.719. The zero-order valence-electron chi connectivity index (χ0n) is 6.10. The van der Waals surface area contributed by atoms with Crippen LogP contribution in [0.1, 0.15) is 5.69 Å². The van der Waals surface area contributed by atoms with E-state index in [1.807, 2.05) is 6.07 Å². The van der Waals surface area contributed by atoms with Crippen molar-refractivity contribution in [1.82, 2.24) is 20.3 Å². The number of rotatable bonds is 3. The molecule has 0 saturated heterocycles. The molecule has 2 heterocycles. The fourth-order valence-electron chi connectivity index (χ4n) is 0.718. The summed E-state index contributed by atoms with van der Waals surface area (Å²) in [6.07, 6.45) is 3.03. The van der Waals surface area contributed by atoms with Crippen LogP contribution in [0.5, 0.6) is 0 Å². The third kappa shape index (κ3) is 1.65. The van der Waals surface area contributed by atoms with Crippen molar-refractivity contribution >= 4 is 11.8 Å². The summed E-state index contributed by atoms with van der Waals surface area (Å²) >= 11 is 1.53. The number of hydrogen-bond donors (Lipinski definition) is 1. The molecule has 0 amide bonds. The Kier molecular flexibility index (Phi) is 2.08. The minimum absolute atomic E-state index is 0.742. The van der Waals surface area contributed by atoms with Crippen LogP contribution in [0.25, 0.3) is 0 Å². The molecule has 5 nitrogen and oxygen atoms in total. The van der Waals surface area contributed by atoms with Gasteiger partial charge in [-0.05, 0) is 0 Å². The highest BCUT2D eigenvalue weighted by Crippen LogP contribution is 2.16. The van der Waals surface area contributed by atoms with Crippen molar-refractivity contribution in [2.45, 2.75) is 10.9 Å². The summed E-state index contributed by atoms with van der Waals surface area (Å²) in [5.41, 5.74) is 0.899. The van der Waals surface area contributed by atoms with Crippen molar-refractivity contribution in [1.29, 1.82) is 0 Å². The van der Waals surface area contributed by atoms with Gasteiger partial charge < -0.3 is 4.52 Å². The topological polar surface area (TPSA) is 67.6 Å². The van der Waals surface area contributed by atoms with Gasteiger partial charge in [0, 0.05) is 11.8 Å². The predicted molar refractivity (Wildman–Crippen MR) is 42.4 cm³/mol. The summed E-state index contributed by atoms with van der Waals surface area (Å²) < 4.78 is 4.67. The van der Waals surface area contributed by atoms with Crippen molar-refractivity contribution in [3.05, 3.63) is 24.4 Å². The molecule has 2 rings (SSSR count). The average molecular weight is 182 g/mol. The first-order valence-corrected chi connectivity index (χ1v) is 4.31. The Morgan fingerprint density at radius 3 is 3.25 bits per heavy atom. The summed E-state index contributed by atoms with van der Waals surface area (Å²) in [5.74, 6) is 0.742. The summed E-state index contributed by atoms with van der Waals surface area (Å²) in [6.45, 7) is 0. The highest BCUT2D eigenvalue weighted by molar-refractivity contribution is 7.98. The van der Waals surface area contributed by atoms with Crippen LogP contribution in [-0.4, -0.2) is 20.3 Å². The van der Waals surface area contributed by atoms with Gasteiger partial charge >= 0.3 is 0 Å².